The highest BCUT2D eigenvalue weighted by Gasteiger charge is 2.11. The maximum atomic E-state index is 11.8. The Bertz CT molecular complexity index is 806. The van der Waals surface area contributed by atoms with Gasteiger partial charge in [0.05, 0.1) is 0 Å². The quantitative estimate of drug-likeness (QED) is 0.367. The van der Waals surface area contributed by atoms with Gasteiger partial charge in [0.1, 0.15) is 5.76 Å². The second kappa shape index (κ2) is 6.69. The molecule has 23 heavy (non-hydrogen) atoms. The molecule has 116 valence electrons. The summed E-state index contributed by atoms with van der Waals surface area (Å²) in [6.45, 7) is 0. The van der Waals surface area contributed by atoms with E-state index in [0.717, 1.165) is 24.6 Å². The number of aromatic amines is 2. The van der Waals surface area contributed by atoms with Crippen LogP contribution in [0.4, 0.5) is 0 Å². The lowest BCUT2D eigenvalue weighted by Gasteiger charge is -1.99. The van der Waals surface area contributed by atoms with Gasteiger partial charge in [0.15, 0.2) is 0 Å². The fourth-order valence-corrected chi connectivity index (χ4v) is 2.20. The molecular weight excluding hydrogens is 294 g/mol. The molecule has 7 nitrogen and oxygen atoms in total. The highest BCUT2D eigenvalue weighted by atomic mass is 16.3. The van der Waals surface area contributed by atoms with Crippen molar-refractivity contribution in [2.24, 2.45) is 0 Å². The van der Waals surface area contributed by atoms with Crippen LogP contribution >= 0.6 is 0 Å². The molecule has 3 N–H and O–H groups in total. The predicted octanol–water partition coefficient (Wildman–Crippen LogP) is 2.09. The largest absolute Gasteiger partial charge is 0.507 e. The van der Waals surface area contributed by atoms with Crippen LogP contribution in [0.5, 0.6) is 0 Å². The zero-order valence-electron chi connectivity index (χ0n) is 12.2. The number of carbonyl (C=O) groups is 1. The summed E-state index contributed by atoms with van der Waals surface area (Å²) in [7, 11) is 0. The Hall–Kier alpha value is -3.22. The summed E-state index contributed by atoms with van der Waals surface area (Å²) in [4.78, 5) is 14.9. The Morgan fingerprint density at radius 2 is 2.04 bits per heavy atom. The second-order valence-electron chi connectivity index (χ2n) is 5.03. The number of aliphatic hydroxyl groups is 1. The molecule has 0 radical (unpaired) electrons. The van der Waals surface area contributed by atoms with E-state index in [2.05, 4.69) is 37.7 Å². The van der Waals surface area contributed by atoms with E-state index in [9.17, 15) is 9.90 Å². The van der Waals surface area contributed by atoms with Gasteiger partial charge in [-0.05, 0) is 29.7 Å². The van der Waals surface area contributed by atoms with Gasteiger partial charge in [0.25, 0.3) is 0 Å². The van der Waals surface area contributed by atoms with Gasteiger partial charge in [-0.1, -0.05) is 30.3 Å². The van der Waals surface area contributed by atoms with Crippen molar-refractivity contribution in [3.05, 3.63) is 71.3 Å². The molecule has 0 bridgehead atoms. The fraction of sp³-hybridized carbons (Fsp3) is 0.125. The number of ketones is 1. The van der Waals surface area contributed by atoms with Gasteiger partial charge in [0, 0.05) is 23.5 Å². The molecule has 2 heterocycles. The summed E-state index contributed by atoms with van der Waals surface area (Å²) in [5.41, 5.74) is 2.77. The molecule has 2 aromatic heterocycles. The number of hydrogen-bond acceptors (Lipinski definition) is 5. The number of nitrogens with zero attached hydrogens (tertiary/aromatic N) is 3. The molecule has 7 heteroatoms. The third-order valence-corrected chi connectivity index (χ3v) is 3.40. The third-order valence-electron chi connectivity index (χ3n) is 3.40. The maximum Gasteiger partial charge on any atom is 0.244 e. The Kier molecular flexibility index (Phi) is 4.28. The number of benzene rings is 1. The number of carbonyl (C=O) groups excluding carboxylic acids is 1. The highest BCUT2D eigenvalue weighted by Crippen LogP contribution is 2.15. The van der Waals surface area contributed by atoms with Gasteiger partial charge in [-0.3, -0.25) is 4.79 Å². The minimum atomic E-state index is -0.511. The summed E-state index contributed by atoms with van der Waals surface area (Å²) >= 11 is 0. The van der Waals surface area contributed by atoms with E-state index < -0.39 is 5.78 Å². The first-order valence-electron chi connectivity index (χ1n) is 7.12. The van der Waals surface area contributed by atoms with Crippen LogP contribution in [0.2, 0.25) is 0 Å². The molecule has 0 fully saturated rings. The van der Waals surface area contributed by atoms with Crippen LogP contribution in [0.25, 0.3) is 5.76 Å². The molecule has 0 aliphatic carbocycles. The lowest BCUT2D eigenvalue weighted by atomic mass is 10.1. The van der Waals surface area contributed by atoms with E-state index in [-0.39, 0.29) is 11.6 Å². The maximum absolute atomic E-state index is 11.8. The van der Waals surface area contributed by atoms with Crippen LogP contribution < -0.4 is 0 Å². The van der Waals surface area contributed by atoms with Gasteiger partial charge in [0.2, 0.25) is 11.6 Å². The number of nitrogens with one attached hydrogen (secondary N) is 2. The summed E-state index contributed by atoms with van der Waals surface area (Å²) in [5, 5.41) is 22.7. The molecular formula is C16H15N5O2. The third kappa shape index (κ3) is 3.70. The molecule has 3 rings (SSSR count). The molecule has 0 amide bonds. The van der Waals surface area contributed by atoms with Crippen LogP contribution in [0.15, 0.2) is 48.7 Å². The van der Waals surface area contributed by atoms with Gasteiger partial charge in [-0.25, -0.2) is 0 Å². The molecule has 0 aliphatic heterocycles. The first-order chi connectivity index (χ1) is 11.2. The Balaban J connectivity index is 1.65. The topological polar surface area (TPSA) is 108 Å². The predicted molar refractivity (Wildman–Crippen MR) is 83.8 cm³/mol. The van der Waals surface area contributed by atoms with Crippen molar-refractivity contribution in [3.8, 4) is 0 Å². The number of H-pyrrole nitrogens is 2. The van der Waals surface area contributed by atoms with Gasteiger partial charge >= 0.3 is 0 Å². The van der Waals surface area contributed by atoms with Crippen molar-refractivity contribution < 1.29 is 9.90 Å². The van der Waals surface area contributed by atoms with Gasteiger partial charge < -0.3 is 10.1 Å². The second-order valence-corrected chi connectivity index (χ2v) is 5.03. The summed E-state index contributed by atoms with van der Waals surface area (Å²) < 4.78 is 0. The van der Waals surface area contributed by atoms with Gasteiger partial charge in [-0.15, -0.1) is 10.2 Å². The molecule has 0 atom stereocenters. The fourth-order valence-electron chi connectivity index (χ4n) is 2.20. The van der Waals surface area contributed by atoms with Crippen molar-refractivity contribution in [1.82, 2.24) is 25.6 Å². The number of allylic oxidation sites excluding steroid dienone is 1. The van der Waals surface area contributed by atoms with Gasteiger partial charge in [-0.2, -0.15) is 5.21 Å². The van der Waals surface area contributed by atoms with E-state index in [1.54, 1.807) is 6.20 Å². The lowest BCUT2D eigenvalue weighted by molar-refractivity contribution is 0.103. The van der Waals surface area contributed by atoms with E-state index in [4.69, 9.17) is 0 Å². The number of aliphatic hydroxyl groups excluding tert-OH is 1. The average molecular weight is 309 g/mol. The smallest absolute Gasteiger partial charge is 0.244 e. The van der Waals surface area contributed by atoms with Crippen molar-refractivity contribution in [2.45, 2.75) is 12.8 Å². The minimum Gasteiger partial charge on any atom is -0.507 e. The van der Waals surface area contributed by atoms with Crippen LogP contribution in [0, 0.1) is 0 Å². The number of aryl methyl sites for hydroxylation is 2. The number of tetrazole rings is 1. The first kappa shape index (κ1) is 14.7. The molecule has 0 saturated heterocycles. The molecule has 1 aromatic carbocycles. The summed E-state index contributed by atoms with van der Waals surface area (Å²) in [6.07, 6.45) is 4.45. The van der Waals surface area contributed by atoms with Crippen molar-refractivity contribution in [1.29, 1.82) is 0 Å². The Morgan fingerprint density at radius 3 is 2.78 bits per heavy atom. The normalized spacial score (nSPS) is 11.6. The average Bonchev–Trinajstić information content (AvgIpc) is 3.25. The molecule has 3 aromatic rings. The molecule has 0 saturated carbocycles. The zero-order valence-corrected chi connectivity index (χ0v) is 12.2. The van der Waals surface area contributed by atoms with Crippen LogP contribution in [-0.2, 0) is 12.8 Å². The van der Waals surface area contributed by atoms with Crippen LogP contribution in [-0.4, -0.2) is 36.5 Å². The summed E-state index contributed by atoms with van der Waals surface area (Å²) in [5.74, 6) is -0.735. The first-order valence-corrected chi connectivity index (χ1v) is 7.12. The van der Waals surface area contributed by atoms with Crippen molar-refractivity contribution in [3.63, 3.8) is 0 Å². The molecule has 0 spiro atoms. The monoisotopic (exact) mass is 309 g/mol. The van der Waals surface area contributed by atoms with Crippen molar-refractivity contribution in [2.75, 3.05) is 0 Å². The van der Waals surface area contributed by atoms with Crippen molar-refractivity contribution >= 4 is 11.5 Å². The zero-order chi connectivity index (χ0) is 16.1. The summed E-state index contributed by atoms with van der Waals surface area (Å²) in [6, 6.07) is 12.0. The molecule has 0 aliphatic rings. The van der Waals surface area contributed by atoms with Crippen LogP contribution in [0.3, 0.4) is 0 Å². The Labute approximate surface area is 132 Å². The number of hydrogen-bond donors (Lipinski definition) is 3. The lowest BCUT2D eigenvalue weighted by Crippen LogP contribution is -1.99. The van der Waals surface area contributed by atoms with Crippen LogP contribution in [0.1, 0.15) is 27.4 Å². The minimum absolute atomic E-state index is 0.0867. The number of aromatic nitrogens is 5. The number of rotatable bonds is 6. The van der Waals surface area contributed by atoms with E-state index in [0.29, 0.717) is 5.56 Å². The van der Waals surface area contributed by atoms with E-state index >= 15 is 0 Å². The van der Waals surface area contributed by atoms with E-state index in [1.165, 1.54) is 5.56 Å². The standard InChI is InChI=1S/C16H15N5O2/c22-14(9-15(23)16-18-20-21-19-16)12-8-13(17-10-12)7-6-11-4-2-1-3-5-11/h1-5,8-10,17,22H,6-7H2,(H,18,19,20,21). The van der Waals surface area contributed by atoms with E-state index in [1.807, 2.05) is 24.3 Å². The SMILES string of the molecule is O=C(C=C(O)c1c[nH]c(CCc2ccccc2)c1)c1nn[nH]n1. The highest BCUT2D eigenvalue weighted by molar-refractivity contribution is 6.05. The molecule has 0 unspecified atom stereocenters. The Morgan fingerprint density at radius 1 is 1.22 bits per heavy atom.